The molecule has 0 saturated carbocycles. The maximum Gasteiger partial charge on any atom is 0.147 e. The van der Waals surface area contributed by atoms with Crippen LogP contribution in [0.5, 0.6) is 0 Å². The topological polar surface area (TPSA) is 46.2 Å². The van der Waals surface area contributed by atoms with E-state index in [1.807, 2.05) is 6.92 Å². The molecule has 0 amide bonds. The maximum absolute atomic E-state index is 12.9. The average Bonchev–Trinajstić information content (AvgIpc) is 2.22. The van der Waals surface area contributed by atoms with Crippen LogP contribution in [0.15, 0.2) is 22.7 Å². The van der Waals surface area contributed by atoms with Crippen molar-refractivity contribution < 1.29 is 12.8 Å². The Labute approximate surface area is 116 Å². The summed E-state index contributed by atoms with van der Waals surface area (Å²) in [5.41, 5.74) is 0.954. The smallest absolute Gasteiger partial charge is 0.147 e. The van der Waals surface area contributed by atoms with Gasteiger partial charge in [0.05, 0.1) is 5.75 Å². The van der Waals surface area contributed by atoms with Crippen molar-refractivity contribution in [3.8, 4) is 0 Å². The largest absolute Gasteiger partial charge is 0.310 e. The third kappa shape index (κ3) is 5.46. The number of sulfone groups is 1. The van der Waals surface area contributed by atoms with Crippen LogP contribution < -0.4 is 5.32 Å². The van der Waals surface area contributed by atoms with Crippen molar-refractivity contribution in [1.82, 2.24) is 5.32 Å². The Bertz CT molecular complexity index is 505. The van der Waals surface area contributed by atoms with Gasteiger partial charge in [0.1, 0.15) is 15.7 Å². The molecule has 1 rings (SSSR count). The highest BCUT2D eigenvalue weighted by molar-refractivity contribution is 9.10. The first-order chi connectivity index (χ1) is 8.29. The van der Waals surface area contributed by atoms with Gasteiger partial charge in [-0.2, -0.15) is 0 Å². The summed E-state index contributed by atoms with van der Waals surface area (Å²) in [5, 5.41) is 3.21. The normalized spacial score (nSPS) is 13.6. The van der Waals surface area contributed by atoms with Crippen molar-refractivity contribution in [3.05, 3.63) is 34.1 Å². The van der Waals surface area contributed by atoms with E-state index >= 15 is 0 Å². The third-order valence-corrected chi connectivity index (χ3v) is 4.29. The van der Waals surface area contributed by atoms with Gasteiger partial charge < -0.3 is 5.32 Å². The Morgan fingerprint density at radius 2 is 2.11 bits per heavy atom. The van der Waals surface area contributed by atoms with E-state index in [2.05, 4.69) is 21.2 Å². The number of halogens is 2. The van der Waals surface area contributed by atoms with Crippen LogP contribution in [-0.4, -0.2) is 27.0 Å². The zero-order chi connectivity index (χ0) is 13.8. The second-order valence-corrected chi connectivity index (χ2v) is 7.44. The molecule has 1 unspecified atom stereocenters. The van der Waals surface area contributed by atoms with E-state index in [-0.39, 0.29) is 17.6 Å². The zero-order valence-corrected chi connectivity index (χ0v) is 12.8. The van der Waals surface area contributed by atoms with E-state index in [1.165, 1.54) is 18.4 Å². The quantitative estimate of drug-likeness (QED) is 0.812. The number of rotatable bonds is 6. The molecule has 102 valence electrons. The van der Waals surface area contributed by atoms with E-state index in [0.29, 0.717) is 17.4 Å². The zero-order valence-electron chi connectivity index (χ0n) is 10.4. The molecule has 0 radical (unpaired) electrons. The fourth-order valence-corrected chi connectivity index (χ4v) is 2.98. The fourth-order valence-electron chi connectivity index (χ4n) is 1.62. The summed E-state index contributed by atoms with van der Waals surface area (Å²) < 4.78 is 35.6. The Morgan fingerprint density at radius 3 is 2.67 bits per heavy atom. The molecule has 0 aromatic heterocycles. The lowest BCUT2D eigenvalue weighted by Crippen LogP contribution is -2.22. The minimum absolute atomic E-state index is 0.0412. The number of nitrogens with one attached hydrogen (secondary N) is 1. The maximum atomic E-state index is 12.9. The van der Waals surface area contributed by atoms with E-state index in [4.69, 9.17) is 0 Å². The molecular formula is C12H17BrFNO2S. The SMILES string of the molecule is CC(NCCCS(C)(=O)=O)c1ccc(F)cc1Br. The van der Waals surface area contributed by atoms with Gasteiger partial charge in [-0.3, -0.25) is 0 Å². The van der Waals surface area contributed by atoms with E-state index in [9.17, 15) is 12.8 Å². The molecule has 0 saturated heterocycles. The lowest BCUT2D eigenvalue weighted by molar-refractivity contribution is 0.558. The molecule has 1 atom stereocenters. The lowest BCUT2D eigenvalue weighted by atomic mass is 10.1. The molecule has 3 nitrogen and oxygen atoms in total. The van der Waals surface area contributed by atoms with Crippen molar-refractivity contribution >= 4 is 25.8 Å². The van der Waals surface area contributed by atoms with Crippen LogP contribution in [-0.2, 0) is 9.84 Å². The molecule has 0 aliphatic carbocycles. The van der Waals surface area contributed by atoms with E-state index in [1.54, 1.807) is 6.07 Å². The van der Waals surface area contributed by atoms with Gasteiger partial charge in [0, 0.05) is 16.8 Å². The van der Waals surface area contributed by atoms with Crippen molar-refractivity contribution in [1.29, 1.82) is 0 Å². The van der Waals surface area contributed by atoms with Crippen LogP contribution in [0.1, 0.15) is 24.9 Å². The highest BCUT2D eigenvalue weighted by atomic mass is 79.9. The molecule has 18 heavy (non-hydrogen) atoms. The van der Waals surface area contributed by atoms with Crippen LogP contribution in [0.2, 0.25) is 0 Å². The van der Waals surface area contributed by atoms with E-state index in [0.717, 1.165) is 5.56 Å². The Kier molecular flexibility index (Phi) is 5.75. The molecule has 0 bridgehead atoms. The summed E-state index contributed by atoms with van der Waals surface area (Å²) >= 11 is 3.31. The molecule has 0 fully saturated rings. The summed E-state index contributed by atoms with van der Waals surface area (Å²) in [5.74, 6) is -0.105. The lowest BCUT2D eigenvalue weighted by Gasteiger charge is -2.15. The van der Waals surface area contributed by atoms with Crippen molar-refractivity contribution in [2.24, 2.45) is 0 Å². The van der Waals surface area contributed by atoms with Gasteiger partial charge in [-0.25, -0.2) is 12.8 Å². The standard InChI is InChI=1S/C12H17BrFNO2S/c1-9(15-6-3-7-18(2,16)17)11-5-4-10(14)8-12(11)13/h4-5,8-9,15H,3,6-7H2,1-2H3. The third-order valence-electron chi connectivity index (χ3n) is 2.57. The van der Waals surface area contributed by atoms with Gasteiger partial charge in [-0.1, -0.05) is 22.0 Å². The minimum atomic E-state index is -2.90. The summed E-state index contributed by atoms with van der Waals surface area (Å²) in [4.78, 5) is 0. The molecule has 0 spiro atoms. The Morgan fingerprint density at radius 1 is 1.44 bits per heavy atom. The van der Waals surface area contributed by atoms with Gasteiger partial charge in [0.25, 0.3) is 0 Å². The van der Waals surface area contributed by atoms with Crippen molar-refractivity contribution in [2.75, 3.05) is 18.6 Å². The van der Waals surface area contributed by atoms with Crippen LogP contribution in [0.25, 0.3) is 0 Å². The minimum Gasteiger partial charge on any atom is -0.310 e. The number of benzene rings is 1. The van der Waals surface area contributed by atoms with Crippen molar-refractivity contribution in [2.45, 2.75) is 19.4 Å². The van der Waals surface area contributed by atoms with Gasteiger partial charge in [-0.05, 0) is 37.6 Å². The highest BCUT2D eigenvalue weighted by Gasteiger charge is 2.10. The number of hydrogen-bond acceptors (Lipinski definition) is 3. The van der Waals surface area contributed by atoms with E-state index < -0.39 is 9.84 Å². The Hall–Kier alpha value is -0.460. The second-order valence-electron chi connectivity index (χ2n) is 4.33. The molecule has 0 aliphatic rings. The molecule has 1 N–H and O–H groups in total. The van der Waals surface area contributed by atoms with Crippen LogP contribution >= 0.6 is 15.9 Å². The van der Waals surface area contributed by atoms with Gasteiger partial charge in [0.2, 0.25) is 0 Å². The molecule has 0 heterocycles. The molecule has 1 aromatic carbocycles. The summed E-state index contributed by atoms with van der Waals surface area (Å²) in [6, 6.07) is 4.59. The van der Waals surface area contributed by atoms with Gasteiger partial charge in [0.15, 0.2) is 0 Å². The first-order valence-electron chi connectivity index (χ1n) is 5.65. The highest BCUT2D eigenvalue weighted by Crippen LogP contribution is 2.23. The average molecular weight is 338 g/mol. The summed E-state index contributed by atoms with van der Waals surface area (Å²) in [7, 11) is -2.90. The van der Waals surface area contributed by atoms with Crippen LogP contribution in [0, 0.1) is 5.82 Å². The van der Waals surface area contributed by atoms with Crippen LogP contribution in [0.4, 0.5) is 4.39 Å². The van der Waals surface area contributed by atoms with Crippen molar-refractivity contribution in [3.63, 3.8) is 0 Å². The molecule has 1 aromatic rings. The monoisotopic (exact) mass is 337 g/mol. The second kappa shape index (κ2) is 6.63. The number of hydrogen-bond donors (Lipinski definition) is 1. The predicted molar refractivity (Wildman–Crippen MR) is 74.8 cm³/mol. The molecule has 0 aliphatic heterocycles. The fraction of sp³-hybridized carbons (Fsp3) is 0.500. The molecular weight excluding hydrogens is 321 g/mol. The first-order valence-corrected chi connectivity index (χ1v) is 8.51. The Balaban J connectivity index is 2.48. The first kappa shape index (κ1) is 15.6. The summed E-state index contributed by atoms with van der Waals surface area (Å²) in [6.45, 7) is 2.57. The summed E-state index contributed by atoms with van der Waals surface area (Å²) in [6.07, 6.45) is 1.80. The van der Waals surface area contributed by atoms with Gasteiger partial charge in [-0.15, -0.1) is 0 Å². The van der Waals surface area contributed by atoms with Gasteiger partial charge >= 0.3 is 0 Å². The van der Waals surface area contributed by atoms with Crippen LogP contribution in [0.3, 0.4) is 0 Å². The predicted octanol–water partition coefficient (Wildman–Crippen LogP) is 2.67. The molecule has 6 heteroatoms.